The van der Waals surface area contributed by atoms with Gasteiger partial charge in [0.15, 0.2) is 0 Å². The van der Waals surface area contributed by atoms with Gasteiger partial charge in [-0.05, 0) is 54.6 Å². The summed E-state index contributed by atoms with van der Waals surface area (Å²) in [7, 11) is 0. The van der Waals surface area contributed by atoms with Crippen LogP contribution in [-0.2, 0) is 9.53 Å². The van der Waals surface area contributed by atoms with Gasteiger partial charge in [0, 0.05) is 29.8 Å². The minimum atomic E-state index is -0.267. The van der Waals surface area contributed by atoms with E-state index in [0.29, 0.717) is 40.5 Å². The van der Waals surface area contributed by atoms with Crippen molar-refractivity contribution in [3.63, 3.8) is 0 Å². The van der Waals surface area contributed by atoms with E-state index in [2.05, 4.69) is 10.2 Å². The van der Waals surface area contributed by atoms with Crippen molar-refractivity contribution in [1.82, 2.24) is 0 Å². The van der Waals surface area contributed by atoms with Gasteiger partial charge in [0.2, 0.25) is 5.91 Å². The molecule has 3 aromatic rings. The van der Waals surface area contributed by atoms with Crippen molar-refractivity contribution in [2.45, 2.75) is 0 Å². The van der Waals surface area contributed by atoms with E-state index in [-0.39, 0.29) is 5.91 Å². The molecule has 0 aliphatic carbocycles. The molecule has 1 amide bonds. The van der Waals surface area contributed by atoms with E-state index in [9.17, 15) is 4.79 Å². The van der Waals surface area contributed by atoms with Crippen molar-refractivity contribution in [3.05, 3.63) is 76.5 Å². The summed E-state index contributed by atoms with van der Waals surface area (Å²) >= 11 is 12.3. The number of hydrogen-bond donors (Lipinski definition) is 1. The number of ether oxygens (including phenoxy) is 1. The predicted molar refractivity (Wildman–Crippen MR) is 121 cm³/mol. The first-order chi connectivity index (χ1) is 14.6. The molecule has 1 aromatic heterocycles. The largest absolute Gasteiger partial charge is 0.457 e. The minimum Gasteiger partial charge on any atom is -0.457 e. The van der Waals surface area contributed by atoms with Crippen LogP contribution < -0.4 is 10.2 Å². The van der Waals surface area contributed by atoms with Crippen LogP contribution in [0.5, 0.6) is 0 Å². The predicted octanol–water partition coefficient (Wildman–Crippen LogP) is 5.74. The Labute approximate surface area is 184 Å². The van der Waals surface area contributed by atoms with E-state index in [0.717, 1.165) is 24.3 Å². The molecular weight excluding hydrogens is 423 g/mol. The van der Waals surface area contributed by atoms with Crippen molar-refractivity contribution in [2.75, 3.05) is 36.5 Å². The fourth-order valence-electron chi connectivity index (χ4n) is 3.27. The molecule has 2 aromatic carbocycles. The standard InChI is InChI=1S/C23H20Cl2N2O3/c24-17-6-4-16(5-7-17)21-10-8-18(30-21)9-11-22(28)26-20-3-1-2-19(25)23(20)27-12-14-29-15-13-27/h1-11H,12-15H2,(H,26,28). The third kappa shape index (κ3) is 4.87. The first-order valence-electron chi connectivity index (χ1n) is 9.56. The molecule has 0 radical (unpaired) electrons. The summed E-state index contributed by atoms with van der Waals surface area (Å²) in [5.74, 6) is 1.02. The third-order valence-corrected chi connectivity index (χ3v) is 5.28. The van der Waals surface area contributed by atoms with Gasteiger partial charge < -0.3 is 19.4 Å². The quantitative estimate of drug-likeness (QED) is 0.511. The normalized spacial score (nSPS) is 14.3. The van der Waals surface area contributed by atoms with Crippen LogP contribution in [0, 0.1) is 0 Å². The number of benzene rings is 2. The minimum absolute atomic E-state index is 0.267. The monoisotopic (exact) mass is 442 g/mol. The molecule has 2 heterocycles. The van der Waals surface area contributed by atoms with Crippen molar-refractivity contribution in [3.8, 4) is 11.3 Å². The average molecular weight is 443 g/mol. The summed E-state index contributed by atoms with van der Waals surface area (Å²) in [5, 5.41) is 4.18. The van der Waals surface area contributed by atoms with Crippen LogP contribution in [0.2, 0.25) is 10.0 Å². The second kappa shape index (κ2) is 9.39. The van der Waals surface area contributed by atoms with Gasteiger partial charge in [0.1, 0.15) is 11.5 Å². The Morgan fingerprint density at radius 2 is 1.77 bits per heavy atom. The molecular formula is C23H20Cl2N2O3. The Morgan fingerprint density at radius 1 is 1.00 bits per heavy atom. The third-order valence-electron chi connectivity index (χ3n) is 4.73. The number of carbonyl (C=O) groups excluding carboxylic acids is 1. The number of amides is 1. The Hall–Kier alpha value is -2.73. The van der Waals surface area contributed by atoms with Gasteiger partial charge >= 0.3 is 0 Å². The number of anilines is 2. The highest BCUT2D eigenvalue weighted by Gasteiger charge is 2.18. The van der Waals surface area contributed by atoms with Gasteiger partial charge in [0.05, 0.1) is 29.6 Å². The van der Waals surface area contributed by atoms with Crippen LogP contribution in [0.4, 0.5) is 11.4 Å². The number of carbonyl (C=O) groups is 1. The molecule has 154 valence electrons. The summed E-state index contributed by atoms with van der Waals surface area (Å²) in [6.07, 6.45) is 3.07. The molecule has 0 bridgehead atoms. The molecule has 4 rings (SSSR count). The molecule has 1 aliphatic heterocycles. The summed E-state index contributed by atoms with van der Waals surface area (Å²) in [6, 6.07) is 16.5. The number of hydrogen-bond acceptors (Lipinski definition) is 4. The molecule has 0 spiro atoms. The number of nitrogens with one attached hydrogen (secondary N) is 1. The fraction of sp³-hybridized carbons (Fsp3) is 0.174. The van der Waals surface area contributed by atoms with Crippen molar-refractivity contribution >= 4 is 46.6 Å². The summed E-state index contributed by atoms with van der Waals surface area (Å²) < 4.78 is 11.2. The Balaban J connectivity index is 1.46. The lowest BCUT2D eigenvalue weighted by molar-refractivity contribution is -0.111. The van der Waals surface area contributed by atoms with Crippen molar-refractivity contribution < 1.29 is 13.9 Å². The fourth-order valence-corrected chi connectivity index (χ4v) is 3.69. The molecule has 1 fully saturated rings. The number of furan rings is 1. The highest BCUT2D eigenvalue weighted by Crippen LogP contribution is 2.34. The topological polar surface area (TPSA) is 54.7 Å². The van der Waals surface area contributed by atoms with Crippen LogP contribution in [-0.4, -0.2) is 32.2 Å². The van der Waals surface area contributed by atoms with E-state index in [1.165, 1.54) is 6.08 Å². The van der Waals surface area contributed by atoms with E-state index >= 15 is 0 Å². The highest BCUT2D eigenvalue weighted by atomic mass is 35.5. The smallest absolute Gasteiger partial charge is 0.248 e. The van der Waals surface area contributed by atoms with Crippen LogP contribution >= 0.6 is 23.2 Å². The first-order valence-corrected chi connectivity index (χ1v) is 10.3. The zero-order chi connectivity index (χ0) is 20.9. The maximum Gasteiger partial charge on any atom is 0.248 e. The van der Waals surface area contributed by atoms with Crippen LogP contribution in [0.25, 0.3) is 17.4 Å². The Kier molecular flexibility index (Phi) is 6.43. The van der Waals surface area contributed by atoms with Crippen molar-refractivity contribution in [1.29, 1.82) is 0 Å². The summed E-state index contributed by atoms with van der Waals surface area (Å²) in [5.41, 5.74) is 2.39. The van der Waals surface area contributed by atoms with E-state index in [4.69, 9.17) is 32.4 Å². The van der Waals surface area contributed by atoms with Gasteiger partial charge in [-0.15, -0.1) is 0 Å². The molecule has 1 aliphatic rings. The molecule has 7 heteroatoms. The average Bonchev–Trinajstić information content (AvgIpc) is 3.23. The molecule has 5 nitrogen and oxygen atoms in total. The summed E-state index contributed by atoms with van der Waals surface area (Å²) in [6.45, 7) is 2.71. The number of halogens is 2. The van der Waals surface area contributed by atoms with E-state index in [1.54, 1.807) is 18.2 Å². The molecule has 0 atom stereocenters. The highest BCUT2D eigenvalue weighted by molar-refractivity contribution is 6.34. The van der Waals surface area contributed by atoms with E-state index in [1.807, 2.05) is 42.5 Å². The molecule has 1 N–H and O–H groups in total. The number of para-hydroxylation sites is 1. The lowest BCUT2D eigenvalue weighted by Crippen LogP contribution is -2.37. The lowest BCUT2D eigenvalue weighted by Gasteiger charge is -2.31. The molecule has 30 heavy (non-hydrogen) atoms. The Morgan fingerprint density at radius 3 is 2.53 bits per heavy atom. The number of nitrogens with zero attached hydrogens (tertiary/aromatic N) is 1. The lowest BCUT2D eigenvalue weighted by atomic mass is 10.2. The molecule has 0 saturated carbocycles. The second-order valence-electron chi connectivity index (χ2n) is 6.77. The molecule has 0 unspecified atom stereocenters. The van der Waals surface area contributed by atoms with Gasteiger partial charge in [-0.3, -0.25) is 4.79 Å². The van der Waals surface area contributed by atoms with Gasteiger partial charge in [-0.2, -0.15) is 0 Å². The number of rotatable bonds is 5. The zero-order valence-electron chi connectivity index (χ0n) is 16.1. The number of morpholine rings is 1. The van der Waals surface area contributed by atoms with Crippen LogP contribution in [0.1, 0.15) is 5.76 Å². The van der Waals surface area contributed by atoms with Crippen LogP contribution in [0.3, 0.4) is 0 Å². The maximum atomic E-state index is 12.5. The maximum absolute atomic E-state index is 12.5. The van der Waals surface area contributed by atoms with Crippen LogP contribution in [0.15, 0.2) is 65.1 Å². The SMILES string of the molecule is O=C(C=Cc1ccc(-c2ccc(Cl)cc2)o1)Nc1cccc(Cl)c1N1CCOCC1. The second-order valence-corrected chi connectivity index (χ2v) is 7.61. The van der Waals surface area contributed by atoms with Gasteiger partial charge in [-0.25, -0.2) is 0 Å². The van der Waals surface area contributed by atoms with Gasteiger partial charge in [0.25, 0.3) is 0 Å². The summed E-state index contributed by atoms with van der Waals surface area (Å²) in [4.78, 5) is 14.6. The first kappa shape index (κ1) is 20.5. The zero-order valence-corrected chi connectivity index (χ0v) is 17.6. The van der Waals surface area contributed by atoms with Gasteiger partial charge in [-0.1, -0.05) is 29.3 Å². The Bertz CT molecular complexity index is 1050. The molecule has 1 saturated heterocycles. The van der Waals surface area contributed by atoms with Crippen molar-refractivity contribution in [2.24, 2.45) is 0 Å². The van der Waals surface area contributed by atoms with E-state index < -0.39 is 0 Å².